The Kier molecular flexibility index (Phi) is 44.1. The molecule has 0 aliphatic rings. The predicted molar refractivity (Wildman–Crippen MR) is 225 cm³/mol. The van der Waals surface area contributed by atoms with Crippen LogP contribution in [0, 0.1) is 5.92 Å². The summed E-state index contributed by atoms with van der Waals surface area (Å²) in [6, 6.07) is 0. The largest absolute Gasteiger partial charge is 0.393 e. The third-order valence-corrected chi connectivity index (χ3v) is 11.8. The quantitative estimate of drug-likeness (QED) is 0.0631. The minimum atomic E-state index is -0.0689. The van der Waals surface area contributed by atoms with Crippen LogP contribution in [-0.4, -0.2) is 11.2 Å². The fourth-order valence-corrected chi connectivity index (χ4v) is 7.98. The normalized spacial score (nSPS) is 13.0. The molecule has 0 aromatic carbocycles. The maximum absolute atomic E-state index is 10.6. The van der Waals surface area contributed by atoms with E-state index in [1.54, 1.807) is 0 Å². The molecular formula is C48H98O. The summed E-state index contributed by atoms with van der Waals surface area (Å²) in [5, 5.41) is 10.6. The topological polar surface area (TPSA) is 20.2 Å². The number of hydrogen-bond donors (Lipinski definition) is 1. The maximum Gasteiger partial charge on any atom is 0.0565 e. The molecule has 1 N–H and O–H groups in total. The first kappa shape index (κ1) is 49.0. The monoisotopic (exact) mass is 691 g/mol. The molecule has 0 aromatic rings. The third-order valence-electron chi connectivity index (χ3n) is 11.8. The van der Waals surface area contributed by atoms with E-state index >= 15 is 0 Å². The van der Waals surface area contributed by atoms with Gasteiger partial charge in [-0.15, -0.1) is 0 Å². The molecular weight excluding hydrogens is 593 g/mol. The second-order valence-corrected chi connectivity index (χ2v) is 16.9. The summed E-state index contributed by atoms with van der Waals surface area (Å²) in [6.45, 7) is 6.90. The van der Waals surface area contributed by atoms with E-state index in [0.29, 0.717) is 5.92 Å². The maximum atomic E-state index is 10.6. The van der Waals surface area contributed by atoms with Gasteiger partial charge in [-0.25, -0.2) is 0 Å². The van der Waals surface area contributed by atoms with Gasteiger partial charge >= 0.3 is 0 Å². The summed E-state index contributed by atoms with van der Waals surface area (Å²) in [5.41, 5.74) is 0. The zero-order chi connectivity index (χ0) is 35.6. The zero-order valence-electron chi connectivity index (χ0n) is 35.0. The molecule has 2 unspecified atom stereocenters. The summed E-state index contributed by atoms with van der Waals surface area (Å²) in [7, 11) is 0. The molecule has 0 fully saturated rings. The van der Waals surface area contributed by atoms with Crippen molar-refractivity contribution in [1.29, 1.82) is 0 Å². The van der Waals surface area contributed by atoms with Crippen LogP contribution in [0.25, 0.3) is 0 Å². The fourth-order valence-electron chi connectivity index (χ4n) is 7.98. The number of hydrogen-bond acceptors (Lipinski definition) is 1. The number of unbranched alkanes of at least 4 members (excludes halogenated alkanes) is 39. The van der Waals surface area contributed by atoms with Crippen molar-refractivity contribution < 1.29 is 5.11 Å². The summed E-state index contributed by atoms with van der Waals surface area (Å²) in [4.78, 5) is 0. The van der Waals surface area contributed by atoms with E-state index < -0.39 is 0 Å². The molecule has 0 radical (unpaired) electrons. The summed E-state index contributed by atoms with van der Waals surface area (Å²) >= 11 is 0. The standard InChI is InChI=1S/C48H98O/c1-4-6-8-10-12-14-16-18-20-22-24-26-28-30-32-34-36-38-40-42-44-46-48(49)47(3)45-43-41-39-37-35-33-31-29-27-25-23-21-19-17-15-13-11-9-7-5-2/h47-49H,4-46H2,1-3H3. The van der Waals surface area contributed by atoms with Crippen LogP contribution < -0.4 is 0 Å². The van der Waals surface area contributed by atoms with Gasteiger partial charge in [0.15, 0.2) is 0 Å². The molecule has 0 aliphatic heterocycles. The van der Waals surface area contributed by atoms with Crippen molar-refractivity contribution in [3.8, 4) is 0 Å². The van der Waals surface area contributed by atoms with Gasteiger partial charge in [-0.2, -0.15) is 0 Å². The Morgan fingerprint density at radius 1 is 0.245 bits per heavy atom. The molecule has 0 aliphatic carbocycles. The lowest BCUT2D eigenvalue weighted by molar-refractivity contribution is 0.0985. The van der Waals surface area contributed by atoms with Gasteiger partial charge in [-0.1, -0.05) is 284 Å². The van der Waals surface area contributed by atoms with Gasteiger partial charge in [0.1, 0.15) is 0 Å². The number of aliphatic hydroxyl groups is 1. The number of rotatable bonds is 44. The van der Waals surface area contributed by atoms with Gasteiger partial charge in [-0.05, 0) is 18.8 Å². The van der Waals surface area contributed by atoms with Crippen LogP contribution in [0.15, 0.2) is 0 Å². The second-order valence-electron chi connectivity index (χ2n) is 16.9. The lowest BCUT2D eigenvalue weighted by Gasteiger charge is -2.18. The number of aliphatic hydroxyl groups excluding tert-OH is 1. The van der Waals surface area contributed by atoms with Crippen LogP contribution in [0.5, 0.6) is 0 Å². The van der Waals surface area contributed by atoms with Gasteiger partial charge < -0.3 is 5.11 Å². The molecule has 49 heavy (non-hydrogen) atoms. The van der Waals surface area contributed by atoms with Gasteiger partial charge in [0, 0.05) is 0 Å². The molecule has 0 saturated carbocycles. The molecule has 0 rings (SSSR count). The lowest BCUT2D eigenvalue weighted by Crippen LogP contribution is -2.17. The molecule has 0 spiro atoms. The first-order valence-electron chi connectivity index (χ1n) is 23.9. The van der Waals surface area contributed by atoms with Crippen molar-refractivity contribution in [3.05, 3.63) is 0 Å². The van der Waals surface area contributed by atoms with Crippen molar-refractivity contribution in [1.82, 2.24) is 0 Å². The Morgan fingerprint density at radius 3 is 0.612 bits per heavy atom. The van der Waals surface area contributed by atoms with Crippen molar-refractivity contribution in [2.24, 2.45) is 5.92 Å². The summed E-state index contributed by atoms with van der Waals surface area (Å²) < 4.78 is 0. The molecule has 0 bridgehead atoms. The minimum Gasteiger partial charge on any atom is -0.393 e. The van der Waals surface area contributed by atoms with E-state index in [1.165, 1.54) is 270 Å². The van der Waals surface area contributed by atoms with Crippen molar-refractivity contribution in [2.75, 3.05) is 0 Å². The molecule has 2 atom stereocenters. The lowest BCUT2D eigenvalue weighted by atomic mass is 9.93. The van der Waals surface area contributed by atoms with Crippen LogP contribution in [0.4, 0.5) is 0 Å². The first-order valence-corrected chi connectivity index (χ1v) is 23.9. The molecule has 0 heterocycles. The Morgan fingerprint density at radius 2 is 0.408 bits per heavy atom. The Balaban J connectivity index is 3.24. The van der Waals surface area contributed by atoms with Gasteiger partial charge in [-0.3, -0.25) is 0 Å². The van der Waals surface area contributed by atoms with E-state index in [9.17, 15) is 5.11 Å². The minimum absolute atomic E-state index is 0.0689. The molecule has 1 heteroatoms. The van der Waals surface area contributed by atoms with Crippen molar-refractivity contribution in [3.63, 3.8) is 0 Å². The highest BCUT2D eigenvalue weighted by atomic mass is 16.3. The highest BCUT2D eigenvalue weighted by Gasteiger charge is 2.13. The Bertz CT molecular complexity index is 557. The van der Waals surface area contributed by atoms with Crippen molar-refractivity contribution >= 4 is 0 Å². The third kappa shape index (κ3) is 42.3. The second kappa shape index (κ2) is 44.1. The Hall–Kier alpha value is -0.0400. The van der Waals surface area contributed by atoms with Crippen LogP contribution in [0.3, 0.4) is 0 Å². The van der Waals surface area contributed by atoms with Gasteiger partial charge in [0.25, 0.3) is 0 Å². The SMILES string of the molecule is CCCCCCCCCCCCCCCCCCCCCCCC(O)C(C)CCCCCCCCCCCCCCCCCCCCCC. The molecule has 296 valence electrons. The van der Waals surface area contributed by atoms with Crippen molar-refractivity contribution in [2.45, 2.75) is 303 Å². The average Bonchev–Trinajstić information content (AvgIpc) is 3.11. The molecule has 0 aromatic heterocycles. The molecule has 0 amide bonds. The first-order chi connectivity index (χ1) is 24.2. The predicted octanol–water partition coefficient (Wildman–Crippen LogP) is 17.8. The van der Waals surface area contributed by atoms with Gasteiger partial charge in [0.05, 0.1) is 6.10 Å². The average molecular weight is 691 g/mol. The van der Waals surface area contributed by atoms with E-state index in [2.05, 4.69) is 20.8 Å². The summed E-state index contributed by atoms with van der Waals surface area (Å²) in [5.74, 6) is 0.487. The van der Waals surface area contributed by atoms with E-state index in [1.807, 2.05) is 0 Å². The Labute approximate surface area is 313 Å². The fraction of sp³-hybridized carbons (Fsp3) is 1.00. The van der Waals surface area contributed by atoms with Gasteiger partial charge in [0.2, 0.25) is 0 Å². The smallest absolute Gasteiger partial charge is 0.0565 e. The van der Waals surface area contributed by atoms with Crippen LogP contribution in [0.2, 0.25) is 0 Å². The van der Waals surface area contributed by atoms with Crippen LogP contribution in [-0.2, 0) is 0 Å². The van der Waals surface area contributed by atoms with E-state index in [-0.39, 0.29) is 6.10 Å². The van der Waals surface area contributed by atoms with E-state index in [0.717, 1.165) is 6.42 Å². The van der Waals surface area contributed by atoms with Crippen LogP contribution >= 0.6 is 0 Å². The molecule has 0 saturated heterocycles. The summed E-state index contributed by atoms with van der Waals surface area (Å²) in [6.07, 6.45) is 61.1. The highest BCUT2D eigenvalue weighted by Crippen LogP contribution is 2.21. The van der Waals surface area contributed by atoms with E-state index in [4.69, 9.17) is 0 Å². The van der Waals surface area contributed by atoms with Crippen LogP contribution in [0.1, 0.15) is 297 Å². The highest BCUT2D eigenvalue weighted by molar-refractivity contribution is 4.65. The molecule has 1 nitrogen and oxygen atoms in total. The zero-order valence-corrected chi connectivity index (χ0v) is 35.0.